The number of nitrogens with zero attached hydrogens (tertiary/aromatic N) is 10. The highest BCUT2D eigenvalue weighted by molar-refractivity contribution is 5.38. The second-order valence-electron chi connectivity index (χ2n) is 14.1. The minimum Gasteiger partial charge on any atom is -0.381 e. The summed E-state index contributed by atoms with van der Waals surface area (Å²) in [5.74, 6) is 3.97. The molecule has 7 saturated heterocycles. The third kappa shape index (κ3) is 11.0. The van der Waals surface area contributed by atoms with Gasteiger partial charge in [0.1, 0.15) is 0 Å². The van der Waals surface area contributed by atoms with E-state index in [1.807, 2.05) is 99.5 Å². The molecule has 0 aliphatic carbocycles. The zero-order valence-corrected chi connectivity index (χ0v) is 33.7. The van der Waals surface area contributed by atoms with E-state index in [1.165, 1.54) is 25.7 Å². The molecule has 10 rings (SSSR count). The number of aryl methyl sites for hydroxylation is 3. The SMILES string of the molecule is CC.CC.CC.Cc1cnc(N2C3CCC2CN(C)C3)nc1.Cc1cnc(N2CC3CC(C2)O3)nc1.Cc1cnc(N2CC3COCC(C3)C2)nc1. The first-order valence-electron chi connectivity index (χ1n) is 19.9. The maximum atomic E-state index is 5.57. The predicted octanol–water partition coefficient (Wildman–Crippen LogP) is 6.17. The van der Waals surface area contributed by atoms with Crippen molar-refractivity contribution in [3.63, 3.8) is 0 Å². The first kappa shape index (κ1) is 41.3. The Morgan fingerprint density at radius 2 is 0.885 bits per heavy atom. The van der Waals surface area contributed by atoms with Crippen LogP contribution in [-0.2, 0) is 9.47 Å². The smallest absolute Gasteiger partial charge is 0.225 e. The summed E-state index contributed by atoms with van der Waals surface area (Å²) in [6.45, 7) is 26.1. The van der Waals surface area contributed by atoms with Crippen LogP contribution in [-0.4, -0.2) is 119 Å². The Morgan fingerprint density at radius 1 is 0.519 bits per heavy atom. The molecule has 3 aromatic heterocycles. The first-order valence-corrected chi connectivity index (χ1v) is 19.9. The van der Waals surface area contributed by atoms with E-state index in [9.17, 15) is 0 Å². The van der Waals surface area contributed by atoms with E-state index >= 15 is 0 Å². The average molecular weight is 719 g/mol. The van der Waals surface area contributed by atoms with Crippen LogP contribution in [0.5, 0.6) is 0 Å². The normalized spacial score (nSPS) is 26.5. The van der Waals surface area contributed by atoms with Gasteiger partial charge in [-0.3, -0.25) is 0 Å². The summed E-state index contributed by atoms with van der Waals surface area (Å²) in [5.41, 5.74) is 3.35. The molecule has 7 aliphatic rings. The number of hydrogen-bond acceptors (Lipinski definition) is 12. The molecule has 0 N–H and O–H groups in total. The van der Waals surface area contributed by atoms with Crippen LogP contribution in [0.3, 0.4) is 0 Å². The van der Waals surface area contributed by atoms with Crippen molar-refractivity contribution in [2.24, 2.45) is 11.8 Å². The summed E-state index contributed by atoms with van der Waals surface area (Å²) < 4.78 is 11.1. The molecule has 7 fully saturated rings. The molecule has 0 saturated carbocycles. The number of aromatic nitrogens is 6. The number of likely N-dealkylation sites (tertiary alicyclic amines) is 1. The van der Waals surface area contributed by atoms with Gasteiger partial charge in [-0.1, -0.05) is 41.5 Å². The lowest BCUT2D eigenvalue weighted by molar-refractivity contribution is -0.133. The van der Waals surface area contributed by atoms with Crippen LogP contribution < -0.4 is 14.7 Å². The second-order valence-corrected chi connectivity index (χ2v) is 14.1. The quantitative estimate of drug-likeness (QED) is 0.309. The Balaban J connectivity index is 0.000000163. The monoisotopic (exact) mass is 719 g/mol. The lowest BCUT2D eigenvalue weighted by atomic mass is 9.88. The van der Waals surface area contributed by atoms with Gasteiger partial charge < -0.3 is 29.1 Å². The second kappa shape index (κ2) is 20.7. The third-order valence-corrected chi connectivity index (χ3v) is 9.85. The van der Waals surface area contributed by atoms with Gasteiger partial charge in [0.05, 0.1) is 25.4 Å². The van der Waals surface area contributed by atoms with E-state index in [1.54, 1.807) is 0 Å². The highest BCUT2D eigenvalue weighted by Crippen LogP contribution is 2.33. The van der Waals surface area contributed by atoms with Crippen molar-refractivity contribution in [1.29, 1.82) is 0 Å². The minimum atomic E-state index is 0.415. The zero-order chi connectivity index (χ0) is 37.6. The summed E-state index contributed by atoms with van der Waals surface area (Å²) in [6, 6.07) is 1.23. The highest BCUT2D eigenvalue weighted by atomic mass is 16.5. The third-order valence-electron chi connectivity index (χ3n) is 9.85. The molecule has 3 aromatic rings. The Hall–Kier alpha value is -3.48. The number of piperidine rings is 2. The molecule has 6 unspecified atom stereocenters. The van der Waals surface area contributed by atoms with Crippen molar-refractivity contribution in [3.05, 3.63) is 53.9 Å². The fraction of sp³-hybridized carbons (Fsp3) is 0.700. The fourth-order valence-corrected chi connectivity index (χ4v) is 7.70. The number of piperazine rings is 1. The minimum absolute atomic E-state index is 0.415. The van der Waals surface area contributed by atoms with Gasteiger partial charge >= 0.3 is 0 Å². The van der Waals surface area contributed by atoms with Crippen LogP contribution in [0.1, 0.15) is 83.9 Å². The molecule has 0 aromatic carbocycles. The number of ether oxygens (including phenoxy) is 2. The average Bonchev–Trinajstić information content (AvgIpc) is 3.45. The largest absolute Gasteiger partial charge is 0.381 e. The summed E-state index contributed by atoms with van der Waals surface area (Å²) in [7, 11) is 2.21. The van der Waals surface area contributed by atoms with Gasteiger partial charge in [0.15, 0.2) is 0 Å². The Labute approximate surface area is 313 Å². The molecule has 6 atom stereocenters. The van der Waals surface area contributed by atoms with Crippen LogP contribution in [0.25, 0.3) is 0 Å². The molecule has 288 valence electrons. The molecule has 0 spiro atoms. The van der Waals surface area contributed by atoms with Gasteiger partial charge in [-0.05, 0) is 63.8 Å². The van der Waals surface area contributed by atoms with Crippen LogP contribution >= 0.6 is 0 Å². The molecule has 0 radical (unpaired) electrons. The highest BCUT2D eigenvalue weighted by Gasteiger charge is 2.40. The topological polar surface area (TPSA) is 109 Å². The van der Waals surface area contributed by atoms with Gasteiger partial charge in [0.25, 0.3) is 0 Å². The maximum Gasteiger partial charge on any atom is 0.225 e. The summed E-state index contributed by atoms with van der Waals surface area (Å²) in [5, 5.41) is 0. The van der Waals surface area contributed by atoms with Crippen LogP contribution in [0.2, 0.25) is 0 Å². The standard InChI is InChI=1S/C12H18N4.C12H17N3O.C10H13N3O.3C2H6/c1-9-5-13-12(14-6-9)16-10-3-4-11(16)8-15(2)7-10;1-9-3-13-12(14-4-9)15-5-10-2-11(6-15)8-16-7-10;1-7-3-11-10(12-4-7)13-5-8-2-9(6-13)14-8;3*1-2/h5-6,10-11H,3-4,7-8H2,1-2H3;3-4,10-11H,2,5-8H2,1H3;3-4,8-9H,2,5-6H2,1H3;3*1-2H3. The van der Waals surface area contributed by atoms with Crippen LogP contribution in [0.15, 0.2) is 37.2 Å². The van der Waals surface area contributed by atoms with Crippen molar-refractivity contribution >= 4 is 17.8 Å². The van der Waals surface area contributed by atoms with Crippen molar-refractivity contribution < 1.29 is 9.47 Å². The van der Waals surface area contributed by atoms with Gasteiger partial charge in [0.2, 0.25) is 17.8 Å². The Bertz CT molecular complexity index is 1390. The van der Waals surface area contributed by atoms with Crippen LogP contribution in [0, 0.1) is 32.6 Å². The van der Waals surface area contributed by atoms with Crippen molar-refractivity contribution in [3.8, 4) is 0 Å². The van der Waals surface area contributed by atoms with Crippen molar-refractivity contribution in [2.45, 2.75) is 112 Å². The van der Waals surface area contributed by atoms with Crippen LogP contribution in [0.4, 0.5) is 17.8 Å². The lowest BCUT2D eigenvalue weighted by Gasteiger charge is -2.46. The molecule has 52 heavy (non-hydrogen) atoms. The first-order chi connectivity index (χ1) is 25.4. The van der Waals surface area contributed by atoms with E-state index < -0.39 is 0 Å². The molecular weight excluding hydrogens is 653 g/mol. The van der Waals surface area contributed by atoms with E-state index in [0.29, 0.717) is 36.1 Å². The number of morpholine rings is 1. The lowest BCUT2D eigenvalue weighted by Crippen LogP contribution is -2.57. The summed E-state index contributed by atoms with van der Waals surface area (Å²) >= 11 is 0. The van der Waals surface area contributed by atoms with Gasteiger partial charge in [-0.25, -0.2) is 29.9 Å². The van der Waals surface area contributed by atoms with Gasteiger partial charge in [-0.15, -0.1) is 0 Å². The van der Waals surface area contributed by atoms with E-state index in [0.717, 1.165) is 87.0 Å². The Morgan fingerprint density at radius 3 is 1.29 bits per heavy atom. The zero-order valence-electron chi connectivity index (χ0n) is 33.7. The Kier molecular flexibility index (Phi) is 16.4. The summed E-state index contributed by atoms with van der Waals surface area (Å²) in [4.78, 5) is 35.7. The van der Waals surface area contributed by atoms with E-state index in [4.69, 9.17) is 9.47 Å². The molecule has 12 heteroatoms. The molecular formula is C40H66N10O2. The maximum absolute atomic E-state index is 5.57. The number of rotatable bonds is 3. The number of likely N-dealkylation sites (N-methyl/N-ethyl adjacent to an activating group) is 1. The molecule has 0 amide bonds. The van der Waals surface area contributed by atoms with Gasteiger partial charge in [-0.2, -0.15) is 0 Å². The number of fused-ring (bicyclic) bond motifs is 6. The fourth-order valence-electron chi connectivity index (χ4n) is 7.70. The molecule has 10 heterocycles. The van der Waals surface area contributed by atoms with Gasteiger partial charge in [0, 0.05) is 107 Å². The number of hydrogen-bond donors (Lipinski definition) is 0. The molecule has 7 aliphatic heterocycles. The van der Waals surface area contributed by atoms with Crippen molar-refractivity contribution in [2.75, 3.05) is 74.2 Å². The molecule has 6 bridgehead atoms. The van der Waals surface area contributed by atoms with E-state index in [2.05, 4.69) is 56.6 Å². The van der Waals surface area contributed by atoms with Crippen molar-refractivity contribution in [1.82, 2.24) is 34.8 Å². The predicted molar refractivity (Wildman–Crippen MR) is 211 cm³/mol. The van der Waals surface area contributed by atoms with E-state index in [-0.39, 0.29) is 0 Å². The number of anilines is 3. The molecule has 12 nitrogen and oxygen atoms in total. The summed E-state index contributed by atoms with van der Waals surface area (Å²) in [6.07, 6.45) is 17.3.